The Morgan fingerprint density at radius 3 is 2.77 bits per heavy atom. The fraction of sp³-hybridized carbons (Fsp3) is 0.381. The summed E-state index contributed by atoms with van der Waals surface area (Å²) in [6.45, 7) is 2.58. The zero-order valence-corrected chi connectivity index (χ0v) is 16.9. The van der Waals surface area contributed by atoms with Gasteiger partial charge in [0.15, 0.2) is 0 Å². The van der Waals surface area contributed by atoms with Crippen molar-refractivity contribution >= 4 is 23.6 Å². The summed E-state index contributed by atoms with van der Waals surface area (Å²) in [4.78, 5) is 50.4. The highest BCUT2D eigenvalue weighted by molar-refractivity contribution is 6.05. The molecule has 2 N–H and O–H groups in total. The van der Waals surface area contributed by atoms with E-state index in [4.69, 9.17) is 0 Å². The SMILES string of the molecule is CCc1cc(C(=O)NCc2ccc3c(c2)C(=O)N(C2CCC(=O)NC2=O)C3)n(C)n1. The number of amides is 4. The number of nitrogens with zero attached hydrogens (tertiary/aromatic N) is 3. The van der Waals surface area contributed by atoms with Gasteiger partial charge >= 0.3 is 0 Å². The predicted octanol–water partition coefficient (Wildman–Crippen LogP) is 0.673. The largest absolute Gasteiger partial charge is 0.347 e. The van der Waals surface area contributed by atoms with Crippen molar-refractivity contribution in [2.75, 3.05) is 0 Å². The average Bonchev–Trinajstić information content (AvgIpc) is 3.26. The number of carbonyl (C=O) groups excluding carboxylic acids is 4. The lowest BCUT2D eigenvalue weighted by molar-refractivity contribution is -0.136. The molecule has 1 aromatic carbocycles. The highest BCUT2D eigenvalue weighted by Crippen LogP contribution is 2.28. The third kappa shape index (κ3) is 3.58. The molecule has 0 aliphatic carbocycles. The van der Waals surface area contributed by atoms with E-state index >= 15 is 0 Å². The topological polar surface area (TPSA) is 113 Å². The summed E-state index contributed by atoms with van der Waals surface area (Å²) in [5.74, 6) is -1.20. The van der Waals surface area contributed by atoms with Gasteiger partial charge in [0.1, 0.15) is 11.7 Å². The molecule has 0 bridgehead atoms. The molecular formula is C21H23N5O4. The standard InChI is InChI=1S/C21H23N5O4/c1-3-14-9-17(25(2)24-14)19(28)22-10-12-4-5-13-11-26(21(30)15(13)8-12)16-6-7-18(27)23-20(16)29/h4-5,8-9,16H,3,6-7,10-11H2,1-2H3,(H,22,28)(H,23,27,29). The monoisotopic (exact) mass is 409 g/mol. The molecule has 1 aromatic heterocycles. The van der Waals surface area contributed by atoms with E-state index in [1.807, 2.05) is 19.1 Å². The van der Waals surface area contributed by atoms with Crippen LogP contribution in [0, 0.1) is 0 Å². The van der Waals surface area contributed by atoms with Gasteiger partial charge in [-0.1, -0.05) is 19.1 Å². The van der Waals surface area contributed by atoms with Crippen LogP contribution >= 0.6 is 0 Å². The number of hydrogen-bond acceptors (Lipinski definition) is 5. The van der Waals surface area contributed by atoms with E-state index < -0.39 is 11.9 Å². The molecule has 0 saturated carbocycles. The quantitative estimate of drug-likeness (QED) is 0.705. The van der Waals surface area contributed by atoms with E-state index in [2.05, 4.69) is 15.7 Å². The minimum absolute atomic E-state index is 0.224. The number of aryl methyl sites for hydroxylation is 2. The maximum Gasteiger partial charge on any atom is 0.269 e. The van der Waals surface area contributed by atoms with Crippen LogP contribution in [-0.4, -0.2) is 44.4 Å². The summed E-state index contributed by atoms with van der Waals surface area (Å²) < 4.78 is 1.55. The van der Waals surface area contributed by atoms with Crippen LogP contribution in [0.5, 0.6) is 0 Å². The predicted molar refractivity (Wildman–Crippen MR) is 106 cm³/mol. The average molecular weight is 409 g/mol. The highest BCUT2D eigenvalue weighted by atomic mass is 16.2. The summed E-state index contributed by atoms with van der Waals surface area (Å²) in [7, 11) is 1.73. The van der Waals surface area contributed by atoms with Crippen molar-refractivity contribution in [3.05, 3.63) is 52.3 Å². The molecule has 4 amide bonds. The third-order valence-electron chi connectivity index (χ3n) is 5.57. The van der Waals surface area contributed by atoms with Crippen LogP contribution in [0.25, 0.3) is 0 Å². The molecule has 0 spiro atoms. The molecule has 9 heteroatoms. The number of piperidine rings is 1. The van der Waals surface area contributed by atoms with Crippen LogP contribution in [0.2, 0.25) is 0 Å². The molecule has 1 unspecified atom stereocenters. The second-order valence-electron chi connectivity index (χ2n) is 7.57. The molecule has 1 fully saturated rings. The minimum atomic E-state index is -0.636. The second-order valence-corrected chi connectivity index (χ2v) is 7.57. The lowest BCUT2D eigenvalue weighted by atomic mass is 10.0. The molecule has 9 nitrogen and oxygen atoms in total. The van der Waals surface area contributed by atoms with Crippen LogP contribution in [0.15, 0.2) is 24.3 Å². The summed E-state index contributed by atoms with van der Waals surface area (Å²) in [5, 5.41) is 9.43. The van der Waals surface area contributed by atoms with E-state index in [-0.39, 0.29) is 30.7 Å². The lowest BCUT2D eigenvalue weighted by Crippen LogP contribution is -2.52. The summed E-state index contributed by atoms with van der Waals surface area (Å²) in [6, 6.07) is 6.59. The minimum Gasteiger partial charge on any atom is -0.347 e. The Morgan fingerprint density at radius 2 is 2.07 bits per heavy atom. The number of carbonyl (C=O) groups is 4. The van der Waals surface area contributed by atoms with Crippen molar-refractivity contribution in [3.63, 3.8) is 0 Å². The molecule has 2 aliphatic heterocycles. The van der Waals surface area contributed by atoms with E-state index in [0.717, 1.165) is 23.2 Å². The lowest BCUT2D eigenvalue weighted by Gasteiger charge is -2.29. The Kier molecular flexibility index (Phi) is 5.11. The Morgan fingerprint density at radius 1 is 1.27 bits per heavy atom. The van der Waals surface area contributed by atoms with Gasteiger partial charge in [0.25, 0.3) is 11.8 Å². The Hall–Kier alpha value is -3.49. The first-order chi connectivity index (χ1) is 14.4. The molecule has 1 atom stereocenters. The Bertz CT molecular complexity index is 1060. The van der Waals surface area contributed by atoms with E-state index in [0.29, 0.717) is 24.2 Å². The summed E-state index contributed by atoms with van der Waals surface area (Å²) >= 11 is 0. The zero-order valence-electron chi connectivity index (χ0n) is 16.9. The van der Waals surface area contributed by atoms with Crippen LogP contribution in [-0.2, 0) is 36.1 Å². The van der Waals surface area contributed by atoms with E-state index in [9.17, 15) is 19.2 Å². The highest BCUT2D eigenvalue weighted by Gasteiger charge is 2.39. The zero-order chi connectivity index (χ0) is 21.4. The molecule has 2 aliphatic rings. The van der Waals surface area contributed by atoms with Crippen LogP contribution in [0.1, 0.15) is 57.4 Å². The van der Waals surface area contributed by atoms with Gasteiger partial charge in [0.05, 0.1) is 5.69 Å². The van der Waals surface area contributed by atoms with Crippen molar-refractivity contribution in [2.45, 2.75) is 45.3 Å². The van der Waals surface area contributed by atoms with Gasteiger partial charge < -0.3 is 10.2 Å². The summed E-state index contributed by atoms with van der Waals surface area (Å²) in [5.41, 5.74) is 3.48. The third-order valence-corrected chi connectivity index (χ3v) is 5.57. The van der Waals surface area contributed by atoms with E-state index in [1.54, 1.807) is 23.9 Å². The van der Waals surface area contributed by atoms with Crippen molar-refractivity contribution in [3.8, 4) is 0 Å². The van der Waals surface area contributed by atoms with Crippen LogP contribution in [0.3, 0.4) is 0 Å². The van der Waals surface area contributed by atoms with Gasteiger partial charge in [-0.25, -0.2) is 0 Å². The van der Waals surface area contributed by atoms with Gasteiger partial charge in [-0.15, -0.1) is 0 Å². The number of nitrogens with one attached hydrogen (secondary N) is 2. The number of hydrogen-bond donors (Lipinski definition) is 2. The number of fused-ring (bicyclic) bond motifs is 1. The van der Waals surface area contributed by atoms with Gasteiger partial charge in [0.2, 0.25) is 11.8 Å². The summed E-state index contributed by atoms with van der Waals surface area (Å²) in [6.07, 6.45) is 1.30. The molecule has 0 radical (unpaired) electrons. The van der Waals surface area contributed by atoms with Crippen molar-refractivity contribution < 1.29 is 19.2 Å². The number of rotatable bonds is 5. The molecular weight excluding hydrogens is 386 g/mol. The Labute approximate surface area is 173 Å². The van der Waals surface area contributed by atoms with Gasteiger partial charge in [-0.05, 0) is 36.1 Å². The molecule has 156 valence electrons. The number of imide groups is 1. The normalized spacial score (nSPS) is 18.4. The fourth-order valence-corrected chi connectivity index (χ4v) is 3.90. The van der Waals surface area contributed by atoms with Crippen molar-refractivity contribution in [1.82, 2.24) is 25.3 Å². The maximum atomic E-state index is 12.9. The first-order valence-electron chi connectivity index (χ1n) is 9.95. The Balaban J connectivity index is 1.44. The van der Waals surface area contributed by atoms with Crippen LogP contribution in [0.4, 0.5) is 0 Å². The molecule has 1 saturated heterocycles. The van der Waals surface area contributed by atoms with Crippen LogP contribution < -0.4 is 10.6 Å². The van der Waals surface area contributed by atoms with Gasteiger partial charge in [-0.3, -0.25) is 29.2 Å². The van der Waals surface area contributed by atoms with Gasteiger partial charge in [0, 0.05) is 32.1 Å². The smallest absolute Gasteiger partial charge is 0.269 e. The van der Waals surface area contributed by atoms with E-state index in [1.165, 1.54) is 4.90 Å². The van der Waals surface area contributed by atoms with Crippen molar-refractivity contribution in [1.29, 1.82) is 0 Å². The fourth-order valence-electron chi connectivity index (χ4n) is 3.90. The molecule has 2 aromatic rings. The first-order valence-corrected chi connectivity index (χ1v) is 9.95. The first kappa shape index (κ1) is 19.8. The number of benzene rings is 1. The maximum absolute atomic E-state index is 12.9. The number of aromatic nitrogens is 2. The van der Waals surface area contributed by atoms with Gasteiger partial charge in [-0.2, -0.15) is 5.10 Å². The molecule has 3 heterocycles. The van der Waals surface area contributed by atoms with Crippen molar-refractivity contribution in [2.24, 2.45) is 7.05 Å². The molecule has 4 rings (SSSR count). The molecule has 30 heavy (non-hydrogen) atoms. The second kappa shape index (κ2) is 7.74.